The van der Waals surface area contributed by atoms with Crippen LogP contribution in [0.5, 0.6) is 5.88 Å². The molecule has 0 aliphatic heterocycles. The average molecular weight is 334 g/mol. The summed E-state index contributed by atoms with van der Waals surface area (Å²) >= 11 is 6.06. The number of rotatable bonds is 5. The highest BCUT2D eigenvalue weighted by Crippen LogP contribution is 2.19. The Morgan fingerprint density at radius 2 is 2.22 bits per heavy atom. The second kappa shape index (κ2) is 6.62. The molecule has 1 aromatic carbocycles. The summed E-state index contributed by atoms with van der Waals surface area (Å²) < 4.78 is 20.0. The van der Waals surface area contributed by atoms with Gasteiger partial charge in [-0.15, -0.1) is 0 Å². The molecule has 6 nitrogen and oxygen atoms in total. The predicted octanol–water partition coefficient (Wildman–Crippen LogP) is 3.27. The molecular weight excluding hydrogens is 321 g/mol. The van der Waals surface area contributed by atoms with Crippen LogP contribution in [0.15, 0.2) is 42.9 Å². The van der Waals surface area contributed by atoms with Gasteiger partial charge in [-0.2, -0.15) is 10.1 Å². The molecule has 0 radical (unpaired) electrons. The average Bonchev–Trinajstić information content (AvgIpc) is 2.98. The van der Waals surface area contributed by atoms with E-state index in [1.165, 1.54) is 25.3 Å². The third-order valence-electron chi connectivity index (χ3n) is 3.07. The lowest BCUT2D eigenvalue weighted by Crippen LogP contribution is -2.01. The predicted molar refractivity (Wildman–Crippen MR) is 84.6 cm³/mol. The number of anilines is 2. The third kappa shape index (κ3) is 3.75. The van der Waals surface area contributed by atoms with Gasteiger partial charge in [0, 0.05) is 23.5 Å². The molecular formula is C15H13ClFN5O. The van der Waals surface area contributed by atoms with E-state index in [0.717, 1.165) is 0 Å². The van der Waals surface area contributed by atoms with Gasteiger partial charge in [-0.05, 0) is 23.8 Å². The van der Waals surface area contributed by atoms with E-state index in [1.807, 2.05) is 0 Å². The smallest absolute Gasteiger partial charge is 0.230 e. The molecule has 0 aliphatic rings. The van der Waals surface area contributed by atoms with Crippen molar-refractivity contribution in [3.63, 3.8) is 0 Å². The van der Waals surface area contributed by atoms with Gasteiger partial charge in [-0.3, -0.25) is 4.68 Å². The van der Waals surface area contributed by atoms with Crippen LogP contribution in [0, 0.1) is 5.82 Å². The SMILES string of the molecule is COc1ccnc(Nc2cnn(Cc3cc(F)ccc3Cl)c2)n1. The molecule has 0 atom stereocenters. The highest BCUT2D eigenvalue weighted by molar-refractivity contribution is 6.31. The highest BCUT2D eigenvalue weighted by Gasteiger charge is 2.06. The second-order valence-electron chi connectivity index (χ2n) is 4.71. The van der Waals surface area contributed by atoms with E-state index in [0.29, 0.717) is 34.6 Å². The van der Waals surface area contributed by atoms with Gasteiger partial charge in [0.15, 0.2) is 0 Å². The van der Waals surface area contributed by atoms with Gasteiger partial charge < -0.3 is 10.1 Å². The lowest BCUT2D eigenvalue weighted by atomic mass is 10.2. The van der Waals surface area contributed by atoms with E-state index in [4.69, 9.17) is 16.3 Å². The van der Waals surface area contributed by atoms with Gasteiger partial charge in [0.05, 0.1) is 25.5 Å². The fourth-order valence-electron chi connectivity index (χ4n) is 2.00. The van der Waals surface area contributed by atoms with Crippen molar-refractivity contribution in [1.82, 2.24) is 19.7 Å². The maximum Gasteiger partial charge on any atom is 0.230 e. The molecule has 118 valence electrons. The molecule has 0 bridgehead atoms. The van der Waals surface area contributed by atoms with E-state index in [1.54, 1.807) is 29.3 Å². The van der Waals surface area contributed by atoms with Crippen LogP contribution < -0.4 is 10.1 Å². The van der Waals surface area contributed by atoms with E-state index in [2.05, 4.69) is 20.4 Å². The van der Waals surface area contributed by atoms with Crippen molar-refractivity contribution >= 4 is 23.2 Å². The van der Waals surface area contributed by atoms with Crippen molar-refractivity contribution in [3.8, 4) is 5.88 Å². The number of hydrogen-bond donors (Lipinski definition) is 1. The molecule has 2 heterocycles. The fourth-order valence-corrected chi connectivity index (χ4v) is 2.18. The van der Waals surface area contributed by atoms with Crippen molar-refractivity contribution < 1.29 is 9.13 Å². The van der Waals surface area contributed by atoms with E-state index >= 15 is 0 Å². The molecule has 0 fully saturated rings. The van der Waals surface area contributed by atoms with Crippen molar-refractivity contribution in [2.24, 2.45) is 0 Å². The molecule has 0 spiro atoms. The van der Waals surface area contributed by atoms with Gasteiger partial charge in [0.1, 0.15) is 5.82 Å². The topological polar surface area (TPSA) is 64.9 Å². The molecule has 0 aliphatic carbocycles. The fraction of sp³-hybridized carbons (Fsp3) is 0.133. The van der Waals surface area contributed by atoms with E-state index in [9.17, 15) is 4.39 Å². The Morgan fingerprint density at radius 3 is 3.04 bits per heavy atom. The third-order valence-corrected chi connectivity index (χ3v) is 3.44. The van der Waals surface area contributed by atoms with Crippen molar-refractivity contribution in [2.45, 2.75) is 6.54 Å². The first-order chi connectivity index (χ1) is 11.1. The van der Waals surface area contributed by atoms with Crippen LogP contribution in [0.3, 0.4) is 0 Å². The monoisotopic (exact) mass is 333 g/mol. The Bertz CT molecular complexity index is 823. The number of benzene rings is 1. The van der Waals surface area contributed by atoms with Gasteiger partial charge in [-0.25, -0.2) is 9.37 Å². The molecule has 0 saturated carbocycles. The molecule has 8 heteroatoms. The lowest BCUT2D eigenvalue weighted by molar-refractivity contribution is 0.397. The minimum absolute atomic E-state index is 0.334. The van der Waals surface area contributed by atoms with Crippen LogP contribution in [0.1, 0.15) is 5.56 Å². The minimum atomic E-state index is -0.334. The first-order valence-electron chi connectivity index (χ1n) is 6.74. The van der Waals surface area contributed by atoms with Crippen LogP contribution >= 0.6 is 11.6 Å². The summed E-state index contributed by atoms with van der Waals surface area (Å²) in [5, 5.41) is 7.72. The largest absolute Gasteiger partial charge is 0.481 e. The normalized spacial score (nSPS) is 10.6. The standard InChI is InChI=1S/C15H13ClFN5O/c1-23-14-4-5-18-15(21-14)20-12-7-19-22(9-12)8-10-6-11(17)2-3-13(10)16/h2-7,9H,8H2,1H3,(H,18,20,21). The molecule has 0 unspecified atom stereocenters. The van der Waals surface area contributed by atoms with Crippen molar-refractivity contribution in [2.75, 3.05) is 12.4 Å². The summed E-state index contributed by atoms with van der Waals surface area (Å²) in [4.78, 5) is 8.24. The van der Waals surface area contributed by atoms with Crippen LogP contribution in [-0.2, 0) is 6.54 Å². The Kier molecular flexibility index (Phi) is 4.38. The minimum Gasteiger partial charge on any atom is -0.481 e. The zero-order valence-electron chi connectivity index (χ0n) is 12.2. The number of methoxy groups -OCH3 is 1. The van der Waals surface area contributed by atoms with Crippen molar-refractivity contribution in [3.05, 3.63) is 59.3 Å². The number of hydrogen-bond acceptors (Lipinski definition) is 5. The van der Waals surface area contributed by atoms with Gasteiger partial charge in [0.2, 0.25) is 11.8 Å². The van der Waals surface area contributed by atoms with Gasteiger partial charge in [-0.1, -0.05) is 11.6 Å². The summed E-state index contributed by atoms with van der Waals surface area (Å²) in [6, 6.07) is 5.89. The van der Waals surface area contributed by atoms with E-state index < -0.39 is 0 Å². The number of aromatic nitrogens is 4. The molecule has 23 heavy (non-hydrogen) atoms. The summed E-state index contributed by atoms with van der Waals surface area (Å²) in [7, 11) is 1.53. The van der Waals surface area contributed by atoms with Crippen LogP contribution in [0.2, 0.25) is 5.02 Å². The summed E-state index contributed by atoms with van der Waals surface area (Å²) in [6.45, 7) is 0.358. The maximum atomic E-state index is 13.3. The van der Waals surface area contributed by atoms with Gasteiger partial charge in [0.25, 0.3) is 0 Å². The number of ether oxygens (including phenoxy) is 1. The molecule has 0 amide bonds. The van der Waals surface area contributed by atoms with Crippen LogP contribution in [-0.4, -0.2) is 26.9 Å². The van der Waals surface area contributed by atoms with Crippen LogP contribution in [0.25, 0.3) is 0 Å². The van der Waals surface area contributed by atoms with Gasteiger partial charge >= 0.3 is 0 Å². The van der Waals surface area contributed by atoms with Crippen molar-refractivity contribution in [1.29, 1.82) is 0 Å². The quantitative estimate of drug-likeness (QED) is 0.776. The van der Waals surface area contributed by atoms with Crippen LogP contribution in [0.4, 0.5) is 16.0 Å². The summed E-state index contributed by atoms with van der Waals surface area (Å²) in [5.41, 5.74) is 1.35. The summed E-state index contributed by atoms with van der Waals surface area (Å²) in [6.07, 6.45) is 4.96. The first kappa shape index (κ1) is 15.2. The second-order valence-corrected chi connectivity index (χ2v) is 5.12. The lowest BCUT2D eigenvalue weighted by Gasteiger charge is -2.05. The zero-order valence-corrected chi connectivity index (χ0v) is 13.0. The Morgan fingerprint density at radius 1 is 1.35 bits per heavy atom. The molecule has 0 saturated heterocycles. The molecule has 3 rings (SSSR count). The maximum absolute atomic E-state index is 13.3. The first-order valence-corrected chi connectivity index (χ1v) is 7.12. The molecule has 2 aromatic heterocycles. The Hall–Kier alpha value is -2.67. The Labute approximate surface area is 136 Å². The number of nitrogens with one attached hydrogen (secondary N) is 1. The number of nitrogens with zero attached hydrogens (tertiary/aromatic N) is 4. The summed E-state index contributed by atoms with van der Waals surface area (Å²) in [5.74, 6) is 0.522. The van der Waals surface area contributed by atoms with E-state index in [-0.39, 0.29) is 5.82 Å². The number of halogens is 2. The molecule has 3 aromatic rings. The zero-order chi connectivity index (χ0) is 16.2. The molecule has 1 N–H and O–H groups in total. The Balaban J connectivity index is 1.74. The highest BCUT2D eigenvalue weighted by atomic mass is 35.5.